The minimum atomic E-state index is -0.433. The van der Waals surface area contributed by atoms with Gasteiger partial charge in [0.25, 0.3) is 5.91 Å². The molecule has 2 aromatic heterocycles. The van der Waals surface area contributed by atoms with E-state index in [9.17, 15) is 9.59 Å². The van der Waals surface area contributed by atoms with Crippen LogP contribution in [0.25, 0.3) is 21.5 Å². The molecule has 0 radical (unpaired) electrons. The van der Waals surface area contributed by atoms with E-state index in [4.69, 9.17) is 4.74 Å². The Hall–Kier alpha value is -5.40. The van der Waals surface area contributed by atoms with Gasteiger partial charge in [0.05, 0.1) is 23.2 Å². The van der Waals surface area contributed by atoms with E-state index in [2.05, 4.69) is 39.1 Å². The number of amides is 1. The fourth-order valence-electron chi connectivity index (χ4n) is 6.37. The number of pyridine rings is 2. The van der Waals surface area contributed by atoms with E-state index in [0.29, 0.717) is 30.8 Å². The Labute approximate surface area is 261 Å². The summed E-state index contributed by atoms with van der Waals surface area (Å²) in [6.45, 7) is 1.61. The molecule has 1 amide bonds. The molecule has 0 aliphatic carbocycles. The van der Waals surface area contributed by atoms with Crippen molar-refractivity contribution < 1.29 is 14.3 Å². The van der Waals surface area contributed by atoms with Crippen LogP contribution in [0.15, 0.2) is 134 Å². The number of carbonyl (C=O) groups is 2. The van der Waals surface area contributed by atoms with Gasteiger partial charge in [-0.25, -0.2) is 4.79 Å². The third-order valence-electron chi connectivity index (χ3n) is 8.57. The summed E-state index contributed by atoms with van der Waals surface area (Å²) in [5, 5.41) is 3.46. The average molecular weight is 593 g/mol. The summed E-state index contributed by atoms with van der Waals surface area (Å²) in [6.07, 6.45) is 6.73. The van der Waals surface area contributed by atoms with Gasteiger partial charge in [-0.05, 0) is 21.9 Å². The van der Waals surface area contributed by atoms with Crippen molar-refractivity contribution in [2.24, 2.45) is 0 Å². The summed E-state index contributed by atoms with van der Waals surface area (Å²) in [5.74, 6) is -0.513. The molecule has 45 heavy (non-hydrogen) atoms. The monoisotopic (exact) mass is 592 g/mol. The number of nitrogens with zero attached hydrogens (tertiary/aromatic N) is 4. The van der Waals surface area contributed by atoms with Crippen LogP contribution in [-0.4, -0.2) is 63.9 Å². The highest BCUT2D eigenvalue weighted by Gasteiger charge is 2.36. The Morgan fingerprint density at radius 3 is 1.82 bits per heavy atom. The van der Waals surface area contributed by atoms with E-state index < -0.39 is 5.97 Å². The number of fused-ring (bicyclic) bond motifs is 2. The molecule has 7 nitrogen and oxygen atoms in total. The third-order valence-corrected chi connectivity index (χ3v) is 8.57. The highest BCUT2D eigenvalue weighted by molar-refractivity contribution is 6.06. The zero-order chi connectivity index (χ0) is 30.6. The van der Waals surface area contributed by atoms with Crippen LogP contribution < -0.4 is 0 Å². The first-order valence-electron chi connectivity index (χ1n) is 15.1. The Morgan fingerprint density at radius 1 is 0.667 bits per heavy atom. The lowest BCUT2D eigenvalue weighted by Gasteiger charge is -2.45. The van der Waals surface area contributed by atoms with Crippen LogP contribution in [-0.2, 0) is 4.74 Å². The maximum Gasteiger partial charge on any atom is 0.340 e. The van der Waals surface area contributed by atoms with Crippen molar-refractivity contribution in [1.29, 1.82) is 0 Å². The zero-order valence-corrected chi connectivity index (χ0v) is 24.7. The summed E-state index contributed by atoms with van der Waals surface area (Å²) in [4.78, 5) is 40.4. The Bertz CT molecular complexity index is 1910. The Kier molecular flexibility index (Phi) is 8.00. The molecule has 6 aromatic rings. The zero-order valence-electron chi connectivity index (χ0n) is 24.7. The van der Waals surface area contributed by atoms with Gasteiger partial charge in [0.1, 0.15) is 6.61 Å². The van der Waals surface area contributed by atoms with E-state index in [1.807, 2.05) is 89.8 Å². The van der Waals surface area contributed by atoms with Gasteiger partial charge in [0.15, 0.2) is 0 Å². The number of ether oxygens (including phenoxy) is 1. The van der Waals surface area contributed by atoms with Gasteiger partial charge in [-0.2, -0.15) is 0 Å². The molecule has 1 atom stereocenters. The van der Waals surface area contributed by atoms with Crippen LogP contribution in [0, 0.1) is 0 Å². The molecule has 222 valence electrons. The molecular weight excluding hydrogens is 560 g/mol. The summed E-state index contributed by atoms with van der Waals surface area (Å²) >= 11 is 0. The van der Waals surface area contributed by atoms with Crippen molar-refractivity contribution in [3.8, 4) is 0 Å². The van der Waals surface area contributed by atoms with Crippen molar-refractivity contribution >= 4 is 33.4 Å². The lowest BCUT2D eigenvalue weighted by molar-refractivity contribution is 0.00282. The molecule has 1 fully saturated rings. The molecule has 0 spiro atoms. The van der Waals surface area contributed by atoms with Gasteiger partial charge in [0, 0.05) is 55.2 Å². The van der Waals surface area contributed by atoms with Crippen LogP contribution >= 0.6 is 0 Å². The minimum absolute atomic E-state index is 0.0792. The molecule has 0 saturated carbocycles. The van der Waals surface area contributed by atoms with Crippen molar-refractivity contribution in [1.82, 2.24) is 19.8 Å². The smallest absolute Gasteiger partial charge is 0.340 e. The molecule has 7 rings (SSSR count). The van der Waals surface area contributed by atoms with Crippen LogP contribution in [0.5, 0.6) is 0 Å². The summed E-state index contributed by atoms with van der Waals surface area (Å²) in [7, 11) is 0. The molecule has 4 aromatic carbocycles. The quantitative estimate of drug-likeness (QED) is 0.196. The second-order valence-corrected chi connectivity index (χ2v) is 11.3. The molecule has 3 heterocycles. The van der Waals surface area contributed by atoms with Gasteiger partial charge in [-0.1, -0.05) is 109 Å². The van der Waals surface area contributed by atoms with E-state index in [1.165, 1.54) is 0 Å². The lowest BCUT2D eigenvalue weighted by Crippen LogP contribution is -2.57. The molecule has 1 aliphatic rings. The SMILES string of the molecule is O=C(OC[C@H]1CN(C(=O)c2cncc3ccccc23)CCN1C(c1ccccc1)c1ccccc1)c1cncc2ccccc12. The molecule has 1 saturated heterocycles. The van der Waals surface area contributed by atoms with Crippen LogP contribution in [0.4, 0.5) is 0 Å². The molecule has 0 unspecified atom stereocenters. The number of carbonyl (C=O) groups excluding carboxylic acids is 2. The predicted molar refractivity (Wildman–Crippen MR) is 175 cm³/mol. The largest absolute Gasteiger partial charge is 0.460 e. The van der Waals surface area contributed by atoms with E-state index in [-0.39, 0.29) is 24.6 Å². The van der Waals surface area contributed by atoms with Crippen molar-refractivity contribution in [2.45, 2.75) is 12.1 Å². The normalized spacial score (nSPS) is 15.4. The van der Waals surface area contributed by atoms with Crippen LogP contribution in [0.2, 0.25) is 0 Å². The first-order valence-corrected chi connectivity index (χ1v) is 15.1. The fraction of sp³-hybridized carbons (Fsp3) is 0.158. The van der Waals surface area contributed by atoms with Gasteiger partial charge in [-0.3, -0.25) is 19.7 Å². The number of benzene rings is 4. The number of piperazine rings is 1. The lowest BCUT2D eigenvalue weighted by atomic mass is 9.94. The number of hydrogen-bond acceptors (Lipinski definition) is 6. The van der Waals surface area contributed by atoms with Crippen molar-refractivity contribution in [3.05, 3.63) is 156 Å². The number of aromatic nitrogens is 2. The Balaban J connectivity index is 1.22. The minimum Gasteiger partial charge on any atom is -0.460 e. The topological polar surface area (TPSA) is 75.6 Å². The standard InChI is InChI=1S/C38H32N4O3/c43-37(34-23-39-21-29-15-7-9-17-32(29)34)41-19-20-42(36(27-11-3-1-4-12-27)28-13-5-2-6-14-28)31(25-41)26-45-38(44)35-24-40-22-30-16-8-10-18-33(30)35/h1-18,21-24,31,36H,19-20,25-26H2/t31-/m1/s1. The second kappa shape index (κ2) is 12.7. The Morgan fingerprint density at radius 2 is 1.20 bits per heavy atom. The van der Waals surface area contributed by atoms with Gasteiger partial charge < -0.3 is 9.64 Å². The summed E-state index contributed by atoms with van der Waals surface area (Å²) < 4.78 is 6.06. The van der Waals surface area contributed by atoms with Gasteiger partial charge >= 0.3 is 5.97 Å². The fourth-order valence-corrected chi connectivity index (χ4v) is 6.37. The molecule has 0 bridgehead atoms. The van der Waals surface area contributed by atoms with Crippen LogP contribution in [0.1, 0.15) is 37.9 Å². The number of hydrogen-bond donors (Lipinski definition) is 0. The van der Waals surface area contributed by atoms with Crippen molar-refractivity contribution in [3.63, 3.8) is 0 Å². The number of esters is 1. The van der Waals surface area contributed by atoms with Gasteiger partial charge in [-0.15, -0.1) is 0 Å². The van der Waals surface area contributed by atoms with E-state index >= 15 is 0 Å². The maximum absolute atomic E-state index is 14.0. The number of rotatable bonds is 7. The van der Waals surface area contributed by atoms with E-state index in [1.54, 1.807) is 24.8 Å². The second-order valence-electron chi connectivity index (χ2n) is 11.3. The highest BCUT2D eigenvalue weighted by Crippen LogP contribution is 2.33. The first kappa shape index (κ1) is 28.4. The highest BCUT2D eigenvalue weighted by atomic mass is 16.5. The molecule has 7 heteroatoms. The summed E-state index contributed by atoms with van der Waals surface area (Å²) in [6, 6.07) is 35.8. The molecule has 0 N–H and O–H groups in total. The first-order chi connectivity index (χ1) is 22.2. The summed E-state index contributed by atoms with van der Waals surface area (Å²) in [5.41, 5.74) is 3.27. The predicted octanol–water partition coefficient (Wildman–Crippen LogP) is 6.56. The van der Waals surface area contributed by atoms with Crippen molar-refractivity contribution in [2.75, 3.05) is 26.2 Å². The maximum atomic E-state index is 14.0. The van der Waals surface area contributed by atoms with Gasteiger partial charge in [0.2, 0.25) is 0 Å². The molecule has 1 aliphatic heterocycles. The van der Waals surface area contributed by atoms with E-state index in [0.717, 1.165) is 32.7 Å². The molecular formula is C38H32N4O3. The van der Waals surface area contributed by atoms with Crippen LogP contribution in [0.3, 0.4) is 0 Å². The third kappa shape index (κ3) is 5.78. The average Bonchev–Trinajstić information content (AvgIpc) is 3.11.